The van der Waals surface area contributed by atoms with Gasteiger partial charge in [-0.2, -0.15) is 11.8 Å². The van der Waals surface area contributed by atoms with Gasteiger partial charge >= 0.3 is 5.97 Å². The zero-order valence-electron chi connectivity index (χ0n) is 9.16. The second-order valence-electron chi connectivity index (χ2n) is 3.29. The second-order valence-corrected chi connectivity index (χ2v) is 4.40. The third-order valence-electron chi connectivity index (χ3n) is 1.89. The zero-order valence-corrected chi connectivity index (χ0v) is 9.97. The molecule has 0 radical (unpaired) electrons. The topological polar surface area (TPSA) is 26.3 Å². The fourth-order valence-electron chi connectivity index (χ4n) is 1.12. The van der Waals surface area contributed by atoms with Crippen LogP contribution in [0.1, 0.15) is 18.9 Å². The number of benzene rings is 1. The molecule has 0 aliphatic heterocycles. The van der Waals surface area contributed by atoms with E-state index in [1.807, 2.05) is 31.2 Å². The molecule has 2 nitrogen and oxygen atoms in total. The van der Waals surface area contributed by atoms with Crippen molar-refractivity contribution in [1.82, 2.24) is 0 Å². The molecule has 0 amide bonds. The standard InChI is InChI=1S/C12H16O2S/c1-3-8-15-9-12(13)14-11-7-5-4-6-10(11)2/h4-7H,3,8-9H2,1-2H3. The van der Waals surface area contributed by atoms with Gasteiger partial charge in [0.25, 0.3) is 0 Å². The van der Waals surface area contributed by atoms with Crippen LogP contribution in [0.5, 0.6) is 5.75 Å². The monoisotopic (exact) mass is 224 g/mol. The van der Waals surface area contributed by atoms with E-state index < -0.39 is 0 Å². The fraction of sp³-hybridized carbons (Fsp3) is 0.417. The molecular formula is C12H16O2S. The Kier molecular flexibility index (Phi) is 5.26. The summed E-state index contributed by atoms with van der Waals surface area (Å²) in [5.41, 5.74) is 0.992. The summed E-state index contributed by atoms with van der Waals surface area (Å²) < 4.78 is 5.23. The van der Waals surface area contributed by atoms with E-state index in [9.17, 15) is 4.79 Å². The Labute approximate surface area is 95.0 Å². The van der Waals surface area contributed by atoms with Crippen LogP contribution < -0.4 is 4.74 Å². The summed E-state index contributed by atoms with van der Waals surface area (Å²) in [6.45, 7) is 4.03. The maximum absolute atomic E-state index is 11.4. The van der Waals surface area contributed by atoms with Crippen molar-refractivity contribution in [3.8, 4) is 5.75 Å². The minimum absolute atomic E-state index is 0.164. The number of hydrogen-bond donors (Lipinski definition) is 0. The van der Waals surface area contributed by atoms with Crippen LogP contribution in [-0.2, 0) is 4.79 Å². The van der Waals surface area contributed by atoms with Gasteiger partial charge in [-0.15, -0.1) is 0 Å². The molecule has 15 heavy (non-hydrogen) atoms. The molecule has 0 N–H and O–H groups in total. The number of para-hydroxylation sites is 1. The highest BCUT2D eigenvalue weighted by molar-refractivity contribution is 7.99. The smallest absolute Gasteiger partial charge is 0.321 e. The predicted octanol–water partition coefficient (Wildman–Crippen LogP) is 3.04. The van der Waals surface area contributed by atoms with Crippen molar-refractivity contribution in [1.29, 1.82) is 0 Å². The Morgan fingerprint density at radius 3 is 2.80 bits per heavy atom. The Hall–Kier alpha value is -0.960. The van der Waals surface area contributed by atoms with Crippen molar-refractivity contribution in [2.75, 3.05) is 11.5 Å². The molecule has 0 aliphatic rings. The lowest BCUT2D eigenvalue weighted by molar-refractivity contribution is -0.131. The molecule has 1 rings (SSSR count). The lowest BCUT2D eigenvalue weighted by Crippen LogP contribution is -2.11. The van der Waals surface area contributed by atoms with Gasteiger partial charge in [0, 0.05) is 0 Å². The molecule has 0 heterocycles. The quantitative estimate of drug-likeness (QED) is 0.437. The van der Waals surface area contributed by atoms with E-state index in [0.717, 1.165) is 17.7 Å². The molecule has 0 bridgehead atoms. The highest BCUT2D eigenvalue weighted by Crippen LogP contribution is 2.17. The van der Waals surface area contributed by atoms with Gasteiger partial charge in [-0.05, 0) is 30.7 Å². The molecule has 0 aliphatic carbocycles. The Morgan fingerprint density at radius 1 is 1.40 bits per heavy atom. The number of esters is 1. The number of rotatable bonds is 5. The van der Waals surface area contributed by atoms with E-state index >= 15 is 0 Å². The maximum atomic E-state index is 11.4. The van der Waals surface area contributed by atoms with Crippen LogP contribution in [0.3, 0.4) is 0 Å². The van der Waals surface area contributed by atoms with Crippen LogP contribution in [0.4, 0.5) is 0 Å². The van der Waals surface area contributed by atoms with Crippen LogP contribution in [0.2, 0.25) is 0 Å². The molecule has 3 heteroatoms. The molecular weight excluding hydrogens is 208 g/mol. The first-order valence-corrected chi connectivity index (χ1v) is 6.23. The van der Waals surface area contributed by atoms with Crippen molar-refractivity contribution >= 4 is 17.7 Å². The molecule has 1 aromatic carbocycles. The van der Waals surface area contributed by atoms with E-state index in [1.165, 1.54) is 0 Å². The van der Waals surface area contributed by atoms with E-state index in [-0.39, 0.29) is 5.97 Å². The van der Waals surface area contributed by atoms with Gasteiger partial charge < -0.3 is 4.74 Å². The lowest BCUT2D eigenvalue weighted by atomic mass is 10.2. The largest absolute Gasteiger partial charge is 0.426 e. The normalized spacial score (nSPS) is 10.0. The zero-order chi connectivity index (χ0) is 11.1. The van der Waals surface area contributed by atoms with Crippen LogP contribution in [-0.4, -0.2) is 17.5 Å². The second kappa shape index (κ2) is 6.51. The van der Waals surface area contributed by atoms with Crippen LogP contribution in [0, 0.1) is 6.92 Å². The molecule has 0 saturated heterocycles. The highest BCUT2D eigenvalue weighted by Gasteiger charge is 2.05. The number of carbonyl (C=O) groups is 1. The average molecular weight is 224 g/mol. The highest BCUT2D eigenvalue weighted by atomic mass is 32.2. The van der Waals surface area contributed by atoms with Gasteiger partial charge in [-0.1, -0.05) is 25.1 Å². The van der Waals surface area contributed by atoms with Gasteiger partial charge in [0.1, 0.15) is 5.75 Å². The lowest BCUT2D eigenvalue weighted by Gasteiger charge is -2.06. The molecule has 0 fully saturated rings. The van der Waals surface area contributed by atoms with Crippen LogP contribution >= 0.6 is 11.8 Å². The minimum Gasteiger partial charge on any atom is -0.426 e. The molecule has 0 atom stereocenters. The number of carbonyl (C=O) groups excluding carboxylic acids is 1. The minimum atomic E-state index is -0.164. The van der Waals surface area contributed by atoms with Gasteiger partial charge in [0.15, 0.2) is 0 Å². The van der Waals surface area contributed by atoms with E-state index in [2.05, 4.69) is 6.92 Å². The summed E-state index contributed by atoms with van der Waals surface area (Å²) in [5, 5.41) is 0. The summed E-state index contributed by atoms with van der Waals surface area (Å²) in [5.74, 6) is 1.94. The molecule has 0 aromatic heterocycles. The summed E-state index contributed by atoms with van der Waals surface area (Å²) in [6.07, 6.45) is 1.09. The number of hydrogen-bond acceptors (Lipinski definition) is 3. The summed E-state index contributed by atoms with van der Waals surface area (Å²) in [6, 6.07) is 7.55. The van der Waals surface area contributed by atoms with E-state index in [0.29, 0.717) is 11.5 Å². The number of ether oxygens (including phenoxy) is 1. The number of thioether (sulfide) groups is 1. The van der Waals surface area contributed by atoms with Crippen molar-refractivity contribution in [3.05, 3.63) is 29.8 Å². The molecule has 0 unspecified atom stereocenters. The van der Waals surface area contributed by atoms with E-state index in [4.69, 9.17) is 4.74 Å². The predicted molar refractivity (Wildman–Crippen MR) is 64.4 cm³/mol. The summed E-state index contributed by atoms with van der Waals surface area (Å²) in [7, 11) is 0. The van der Waals surface area contributed by atoms with Crippen molar-refractivity contribution < 1.29 is 9.53 Å². The van der Waals surface area contributed by atoms with Gasteiger partial charge in [0.2, 0.25) is 0 Å². The maximum Gasteiger partial charge on any atom is 0.321 e. The van der Waals surface area contributed by atoms with Gasteiger partial charge in [-0.25, -0.2) is 0 Å². The molecule has 0 spiro atoms. The first-order valence-electron chi connectivity index (χ1n) is 5.08. The van der Waals surface area contributed by atoms with Crippen molar-refractivity contribution in [2.24, 2.45) is 0 Å². The molecule has 1 aromatic rings. The summed E-state index contributed by atoms with van der Waals surface area (Å²) in [4.78, 5) is 11.4. The van der Waals surface area contributed by atoms with Gasteiger partial charge in [0.05, 0.1) is 5.75 Å². The van der Waals surface area contributed by atoms with Crippen molar-refractivity contribution in [3.63, 3.8) is 0 Å². The summed E-state index contributed by atoms with van der Waals surface area (Å²) >= 11 is 1.61. The van der Waals surface area contributed by atoms with Crippen molar-refractivity contribution in [2.45, 2.75) is 20.3 Å². The number of aryl methyl sites for hydroxylation is 1. The molecule has 0 saturated carbocycles. The van der Waals surface area contributed by atoms with E-state index in [1.54, 1.807) is 11.8 Å². The van der Waals surface area contributed by atoms with Crippen LogP contribution in [0.25, 0.3) is 0 Å². The Bertz CT molecular complexity index is 323. The third-order valence-corrected chi connectivity index (χ3v) is 3.02. The Balaban J connectivity index is 2.41. The first kappa shape index (κ1) is 12.1. The fourth-order valence-corrected chi connectivity index (χ4v) is 1.78. The van der Waals surface area contributed by atoms with Crippen LogP contribution in [0.15, 0.2) is 24.3 Å². The Morgan fingerprint density at radius 2 is 2.13 bits per heavy atom. The SMILES string of the molecule is CCCSCC(=O)Oc1ccccc1C. The molecule has 82 valence electrons. The first-order chi connectivity index (χ1) is 7.24. The third kappa shape index (κ3) is 4.38. The van der Waals surface area contributed by atoms with Gasteiger partial charge in [-0.3, -0.25) is 4.79 Å². The average Bonchev–Trinajstić information content (AvgIpc) is 2.22.